The Morgan fingerprint density at radius 3 is 2.55 bits per heavy atom. The summed E-state index contributed by atoms with van der Waals surface area (Å²) in [5.74, 6) is 0.384. The molecule has 0 fully saturated rings. The summed E-state index contributed by atoms with van der Waals surface area (Å²) in [4.78, 5) is 2.68. The molecule has 0 aliphatic heterocycles. The second-order valence-electron chi connectivity index (χ2n) is 5.25. The van der Waals surface area contributed by atoms with Gasteiger partial charge in [-0.3, -0.25) is 0 Å². The summed E-state index contributed by atoms with van der Waals surface area (Å²) >= 11 is 1.82. The van der Waals surface area contributed by atoms with E-state index in [0.29, 0.717) is 6.04 Å². The van der Waals surface area contributed by atoms with Crippen LogP contribution in [0.25, 0.3) is 0 Å². The largest absolute Gasteiger partial charge is 0.508 e. The van der Waals surface area contributed by atoms with Crippen molar-refractivity contribution in [3.63, 3.8) is 0 Å². The van der Waals surface area contributed by atoms with E-state index < -0.39 is 0 Å². The third-order valence-corrected chi connectivity index (χ3v) is 4.34. The highest BCUT2D eigenvalue weighted by atomic mass is 32.1. The fraction of sp³-hybridized carbons (Fsp3) is 0.375. The van der Waals surface area contributed by atoms with Crippen molar-refractivity contribution >= 4 is 11.3 Å². The van der Waals surface area contributed by atoms with E-state index in [2.05, 4.69) is 31.3 Å². The first-order chi connectivity index (χ1) is 9.45. The standard InChI is InChI=1S/C16H21NO2S/c1-10(8-14-6-4-11(2)20-14)17-12(3)15-9-13(18)5-7-16(15)19/h4-7,9-10,12,17-19H,8H2,1-3H3. The Bertz CT molecular complexity index is 580. The first-order valence-electron chi connectivity index (χ1n) is 6.79. The van der Waals surface area contributed by atoms with E-state index in [1.807, 2.05) is 18.3 Å². The number of thiophene rings is 1. The van der Waals surface area contributed by atoms with Gasteiger partial charge in [-0.15, -0.1) is 11.3 Å². The lowest BCUT2D eigenvalue weighted by molar-refractivity contribution is 0.426. The summed E-state index contributed by atoms with van der Waals surface area (Å²) in [6, 6.07) is 9.20. The van der Waals surface area contributed by atoms with Crippen LogP contribution in [0.2, 0.25) is 0 Å². The summed E-state index contributed by atoms with van der Waals surface area (Å²) in [6.07, 6.45) is 0.961. The van der Waals surface area contributed by atoms with Crippen LogP contribution in [-0.2, 0) is 6.42 Å². The van der Waals surface area contributed by atoms with E-state index in [-0.39, 0.29) is 17.5 Å². The molecule has 1 aromatic heterocycles. The predicted octanol–water partition coefficient (Wildman–Crippen LogP) is 3.75. The molecular weight excluding hydrogens is 270 g/mol. The van der Waals surface area contributed by atoms with Crippen molar-refractivity contribution < 1.29 is 10.2 Å². The average molecular weight is 291 g/mol. The molecule has 108 valence electrons. The van der Waals surface area contributed by atoms with Crippen LogP contribution in [0.3, 0.4) is 0 Å². The minimum Gasteiger partial charge on any atom is -0.508 e. The highest BCUT2D eigenvalue weighted by Gasteiger charge is 2.14. The second kappa shape index (κ2) is 6.29. The minimum atomic E-state index is -0.0156. The predicted molar refractivity (Wildman–Crippen MR) is 83.5 cm³/mol. The van der Waals surface area contributed by atoms with E-state index in [4.69, 9.17) is 0 Å². The monoisotopic (exact) mass is 291 g/mol. The quantitative estimate of drug-likeness (QED) is 0.735. The summed E-state index contributed by atoms with van der Waals surface area (Å²) in [7, 11) is 0. The molecule has 3 nitrogen and oxygen atoms in total. The van der Waals surface area contributed by atoms with Gasteiger partial charge >= 0.3 is 0 Å². The normalized spacial score (nSPS) is 14.2. The van der Waals surface area contributed by atoms with Crippen LogP contribution in [0.1, 0.15) is 35.2 Å². The third-order valence-electron chi connectivity index (χ3n) is 3.32. The van der Waals surface area contributed by atoms with Gasteiger partial charge in [0.25, 0.3) is 0 Å². The number of nitrogens with one attached hydrogen (secondary N) is 1. The maximum Gasteiger partial charge on any atom is 0.120 e. The Balaban J connectivity index is 1.99. The third kappa shape index (κ3) is 3.74. The lowest BCUT2D eigenvalue weighted by Crippen LogP contribution is -2.30. The molecular formula is C16H21NO2S. The number of benzene rings is 1. The Hall–Kier alpha value is -1.52. The van der Waals surface area contributed by atoms with Gasteiger partial charge in [-0.1, -0.05) is 0 Å². The molecule has 1 heterocycles. The molecule has 0 aliphatic rings. The maximum absolute atomic E-state index is 9.86. The molecule has 4 heteroatoms. The van der Waals surface area contributed by atoms with E-state index in [1.54, 1.807) is 6.07 Å². The molecule has 1 aromatic carbocycles. The fourth-order valence-electron chi connectivity index (χ4n) is 2.36. The van der Waals surface area contributed by atoms with E-state index >= 15 is 0 Å². The molecule has 2 rings (SSSR count). The molecule has 2 atom stereocenters. The number of hydrogen-bond acceptors (Lipinski definition) is 4. The van der Waals surface area contributed by atoms with Crippen LogP contribution < -0.4 is 5.32 Å². The number of phenolic OH excluding ortho intramolecular Hbond substituents is 2. The van der Waals surface area contributed by atoms with Crippen molar-refractivity contribution in [2.24, 2.45) is 0 Å². The van der Waals surface area contributed by atoms with Gasteiger partial charge in [-0.2, -0.15) is 0 Å². The van der Waals surface area contributed by atoms with Gasteiger partial charge < -0.3 is 15.5 Å². The van der Waals surface area contributed by atoms with E-state index in [9.17, 15) is 10.2 Å². The SMILES string of the molecule is Cc1ccc(CC(C)NC(C)c2cc(O)ccc2O)s1. The number of phenols is 2. The lowest BCUT2D eigenvalue weighted by atomic mass is 10.0. The van der Waals surface area contributed by atoms with Crippen molar-refractivity contribution in [2.75, 3.05) is 0 Å². The van der Waals surface area contributed by atoms with Crippen molar-refractivity contribution in [2.45, 2.75) is 39.3 Å². The van der Waals surface area contributed by atoms with Crippen molar-refractivity contribution in [3.05, 3.63) is 45.6 Å². The Morgan fingerprint density at radius 2 is 1.90 bits per heavy atom. The molecule has 3 N–H and O–H groups in total. The second-order valence-corrected chi connectivity index (χ2v) is 6.62. The number of aryl methyl sites for hydroxylation is 1. The van der Waals surface area contributed by atoms with Crippen molar-refractivity contribution in [1.82, 2.24) is 5.32 Å². The fourth-order valence-corrected chi connectivity index (χ4v) is 3.38. The Kier molecular flexibility index (Phi) is 4.68. The molecule has 2 unspecified atom stereocenters. The molecule has 0 bridgehead atoms. The molecule has 0 aliphatic carbocycles. The first-order valence-corrected chi connectivity index (χ1v) is 7.60. The highest BCUT2D eigenvalue weighted by molar-refractivity contribution is 7.11. The van der Waals surface area contributed by atoms with Crippen LogP contribution in [0.15, 0.2) is 30.3 Å². The van der Waals surface area contributed by atoms with Gasteiger partial charge in [0, 0.05) is 27.4 Å². The van der Waals surface area contributed by atoms with Gasteiger partial charge in [-0.05, 0) is 57.5 Å². The number of aromatic hydroxyl groups is 2. The zero-order valence-corrected chi connectivity index (χ0v) is 12.9. The van der Waals surface area contributed by atoms with Crippen molar-refractivity contribution in [3.8, 4) is 11.5 Å². The molecule has 2 aromatic rings. The van der Waals surface area contributed by atoms with Gasteiger partial charge in [0.2, 0.25) is 0 Å². The van der Waals surface area contributed by atoms with Crippen LogP contribution in [-0.4, -0.2) is 16.3 Å². The molecule has 0 amide bonds. The highest BCUT2D eigenvalue weighted by Crippen LogP contribution is 2.28. The molecule has 0 saturated heterocycles. The summed E-state index contributed by atoms with van der Waals surface area (Å²) in [6.45, 7) is 6.23. The lowest BCUT2D eigenvalue weighted by Gasteiger charge is -2.21. The average Bonchev–Trinajstić information content (AvgIpc) is 2.77. The Morgan fingerprint density at radius 1 is 1.15 bits per heavy atom. The van der Waals surface area contributed by atoms with Crippen LogP contribution in [0, 0.1) is 6.92 Å². The molecule has 20 heavy (non-hydrogen) atoms. The van der Waals surface area contributed by atoms with Crippen LogP contribution in [0.4, 0.5) is 0 Å². The van der Waals surface area contributed by atoms with Gasteiger partial charge in [0.05, 0.1) is 0 Å². The smallest absolute Gasteiger partial charge is 0.120 e. The number of hydrogen-bond donors (Lipinski definition) is 3. The topological polar surface area (TPSA) is 52.5 Å². The maximum atomic E-state index is 9.86. The molecule has 0 saturated carbocycles. The number of rotatable bonds is 5. The van der Waals surface area contributed by atoms with Gasteiger partial charge in [0.1, 0.15) is 11.5 Å². The first kappa shape index (κ1) is 14.9. The zero-order chi connectivity index (χ0) is 14.7. The molecule has 0 spiro atoms. The molecule has 0 radical (unpaired) electrons. The van der Waals surface area contributed by atoms with Crippen LogP contribution >= 0.6 is 11.3 Å². The summed E-state index contributed by atoms with van der Waals surface area (Å²) < 4.78 is 0. The summed E-state index contributed by atoms with van der Waals surface area (Å²) in [5.41, 5.74) is 0.721. The van der Waals surface area contributed by atoms with Crippen LogP contribution in [0.5, 0.6) is 11.5 Å². The van der Waals surface area contributed by atoms with E-state index in [0.717, 1.165) is 12.0 Å². The Labute approximate surface area is 123 Å². The zero-order valence-electron chi connectivity index (χ0n) is 12.1. The minimum absolute atomic E-state index is 0.0156. The van der Waals surface area contributed by atoms with Gasteiger partial charge in [0.15, 0.2) is 0 Å². The summed E-state index contributed by atoms with van der Waals surface area (Å²) in [5, 5.41) is 22.8. The van der Waals surface area contributed by atoms with Crippen molar-refractivity contribution in [1.29, 1.82) is 0 Å². The van der Waals surface area contributed by atoms with Gasteiger partial charge in [-0.25, -0.2) is 0 Å². The van der Waals surface area contributed by atoms with E-state index in [1.165, 1.54) is 21.9 Å².